The summed E-state index contributed by atoms with van der Waals surface area (Å²) in [6.07, 6.45) is 3.67. The second-order valence-electron chi connectivity index (χ2n) is 4.28. The Kier molecular flexibility index (Phi) is 3.94. The number of nitrogens with one attached hydrogen (secondary N) is 1. The van der Waals surface area contributed by atoms with Crippen LogP contribution in [-0.4, -0.2) is 22.2 Å². The molecule has 3 aromatic rings. The van der Waals surface area contributed by atoms with Crippen LogP contribution in [0.4, 0.5) is 0 Å². The number of carbonyl (C=O) groups excluding carboxylic acids is 1. The van der Waals surface area contributed by atoms with E-state index in [0.717, 1.165) is 5.56 Å². The van der Waals surface area contributed by atoms with Gasteiger partial charge in [0.1, 0.15) is 0 Å². The molecule has 102 valence electrons. The maximum atomic E-state index is 12.0. The highest BCUT2D eigenvalue weighted by molar-refractivity contribution is 7.08. The molecule has 0 bridgehead atoms. The Balaban J connectivity index is 1.73. The normalized spacial score (nSPS) is 12.2. The van der Waals surface area contributed by atoms with Crippen molar-refractivity contribution >= 4 is 28.6 Å². The molecular formula is C14H13N3OS2. The molecule has 0 spiro atoms. The second kappa shape index (κ2) is 6.02. The van der Waals surface area contributed by atoms with Gasteiger partial charge < -0.3 is 5.32 Å². The van der Waals surface area contributed by atoms with Crippen LogP contribution in [0.2, 0.25) is 0 Å². The number of hydrogen-bond donors (Lipinski definition) is 1. The molecule has 0 aliphatic rings. The first-order valence-corrected chi connectivity index (χ1v) is 8.05. The SMILES string of the molecule is O=C(NCC(c1ccsc1)n1cccn1)c1ccsc1. The van der Waals surface area contributed by atoms with E-state index in [1.165, 1.54) is 11.3 Å². The van der Waals surface area contributed by atoms with Crippen molar-refractivity contribution in [2.45, 2.75) is 6.04 Å². The van der Waals surface area contributed by atoms with E-state index in [-0.39, 0.29) is 11.9 Å². The van der Waals surface area contributed by atoms with E-state index in [1.54, 1.807) is 17.5 Å². The van der Waals surface area contributed by atoms with Crippen LogP contribution in [-0.2, 0) is 0 Å². The van der Waals surface area contributed by atoms with Crippen LogP contribution in [0.25, 0.3) is 0 Å². The summed E-state index contributed by atoms with van der Waals surface area (Å²) in [7, 11) is 0. The Hall–Kier alpha value is -1.92. The summed E-state index contributed by atoms with van der Waals surface area (Å²) in [5.41, 5.74) is 1.86. The molecule has 0 aliphatic carbocycles. The summed E-state index contributed by atoms with van der Waals surface area (Å²) in [6, 6.07) is 5.81. The zero-order valence-electron chi connectivity index (χ0n) is 10.6. The molecule has 0 radical (unpaired) electrons. The average molecular weight is 303 g/mol. The Morgan fingerprint density at radius 3 is 2.80 bits per heavy atom. The molecule has 20 heavy (non-hydrogen) atoms. The standard InChI is InChI=1S/C14H13N3OS2/c18-14(12-3-7-20-10-12)15-8-13(11-2-6-19-9-11)17-5-1-4-16-17/h1-7,9-10,13H,8H2,(H,15,18). The van der Waals surface area contributed by atoms with Crippen molar-refractivity contribution in [1.29, 1.82) is 0 Å². The fourth-order valence-corrected chi connectivity index (χ4v) is 3.32. The van der Waals surface area contributed by atoms with Crippen molar-refractivity contribution in [2.24, 2.45) is 0 Å². The number of carbonyl (C=O) groups is 1. The number of nitrogens with zero attached hydrogens (tertiary/aromatic N) is 2. The first-order chi connectivity index (χ1) is 9.84. The summed E-state index contributed by atoms with van der Waals surface area (Å²) in [5.74, 6) is -0.0429. The lowest BCUT2D eigenvalue weighted by atomic mass is 10.1. The molecule has 3 aromatic heterocycles. The van der Waals surface area contributed by atoms with Crippen molar-refractivity contribution in [1.82, 2.24) is 15.1 Å². The zero-order chi connectivity index (χ0) is 13.8. The molecule has 1 N–H and O–H groups in total. The van der Waals surface area contributed by atoms with E-state index >= 15 is 0 Å². The number of thiophene rings is 2. The van der Waals surface area contributed by atoms with Crippen LogP contribution < -0.4 is 5.32 Å². The smallest absolute Gasteiger partial charge is 0.252 e. The summed E-state index contributed by atoms with van der Waals surface area (Å²) in [4.78, 5) is 12.0. The zero-order valence-corrected chi connectivity index (χ0v) is 12.2. The largest absolute Gasteiger partial charge is 0.350 e. The van der Waals surface area contributed by atoms with Gasteiger partial charge in [-0.05, 0) is 39.9 Å². The van der Waals surface area contributed by atoms with Gasteiger partial charge in [-0.25, -0.2) is 0 Å². The first kappa shape index (κ1) is 13.1. The average Bonchev–Trinajstić information content (AvgIpc) is 3.22. The molecule has 1 amide bonds. The van der Waals surface area contributed by atoms with Crippen LogP contribution in [0.3, 0.4) is 0 Å². The second-order valence-corrected chi connectivity index (χ2v) is 5.84. The molecule has 1 atom stereocenters. The van der Waals surface area contributed by atoms with Gasteiger partial charge in [0.05, 0.1) is 6.04 Å². The molecule has 6 heteroatoms. The molecule has 4 nitrogen and oxygen atoms in total. The molecule has 0 saturated carbocycles. The molecule has 0 saturated heterocycles. The Morgan fingerprint density at radius 2 is 2.15 bits per heavy atom. The third kappa shape index (κ3) is 2.81. The molecule has 0 fully saturated rings. The fraction of sp³-hybridized carbons (Fsp3) is 0.143. The van der Waals surface area contributed by atoms with Crippen LogP contribution in [0.1, 0.15) is 22.0 Å². The number of rotatable bonds is 5. The van der Waals surface area contributed by atoms with E-state index in [2.05, 4.69) is 21.9 Å². The van der Waals surface area contributed by atoms with Crippen LogP contribution in [0.5, 0.6) is 0 Å². The molecule has 0 aromatic carbocycles. The van der Waals surface area contributed by atoms with Crippen molar-refractivity contribution in [2.75, 3.05) is 6.54 Å². The molecule has 3 heterocycles. The molecular weight excluding hydrogens is 290 g/mol. The van der Waals surface area contributed by atoms with Crippen molar-refractivity contribution in [3.63, 3.8) is 0 Å². The predicted octanol–water partition coefficient (Wildman–Crippen LogP) is 3.03. The van der Waals surface area contributed by atoms with E-state index in [9.17, 15) is 4.79 Å². The van der Waals surface area contributed by atoms with E-state index < -0.39 is 0 Å². The predicted molar refractivity (Wildman–Crippen MR) is 81.3 cm³/mol. The minimum atomic E-state index is -0.0429. The van der Waals surface area contributed by atoms with Crippen molar-refractivity contribution in [3.8, 4) is 0 Å². The highest BCUT2D eigenvalue weighted by atomic mass is 32.1. The Morgan fingerprint density at radius 1 is 1.30 bits per heavy atom. The van der Waals surface area contributed by atoms with Gasteiger partial charge in [-0.3, -0.25) is 9.48 Å². The van der Waals surface area contributed by atoms with Gasteiger partial charge in [-0.1, -0.05) is 0 Å². The van der Waals surface area contributed by atoms with Crippen LogP contribution >= 0.6 is 22.7 Å². The van der Waals surface area contributed by atoms with Gasteiger partial charge in [0, 0.05) is 29.9 Å². The third-order valence-electron chi connectivity index (χ3n) is 3.01. The first-order valence-electron chi connectivity index (χ1n) is 6.16. The lowest BCUT2D eigenvalue weighted by Gasteiger charge is -2.17. The van der Waals surface area contributed by atoms with Gasteiger partial charge >= 0.3 is 0 Å². The summed E-state index contributed by atoms with van der Waals surface area (Å²) < 4.78 is 1.87. The van der Waals surface area contributed by atoms with E-state index in [0.29, 0.717) is 12.1 Å². The van der Waals surface area contributed by atoms with Crippen molar-refractivity contribution < 1.29 is 4.79 Å². The quantitative estimate of drug-likeness (QED) is 0.787. The number of aromatic nitrogens is 2. The molecule has 1 unspecified atom stereocenters. The minimum absolute atomic E-state index is 0.0267. The summed E-state index contributed by atoms with van der Waals surface area (Å²) in [6.45, 7) is 0.521. The molecule has 3 rings (SSSR count). The lowest BCUT2D eigenvalue weighted by molar-refractivity contribution is 0.0949. The van der Waals surface area contributed by atoms with Gasteiger partial charge in [0.25, 0.3) is 5.91 Å². The highest BCUT2D eigenvalue weighted by Gasteiger charge is 2.16. The van der Waals surface area contributed by atoms with Crippen LogP contribution in [0, 0.1) is 0 Å². The topological polar surface area (TPSA) is 46.9 Å². The van der Waals surface area contributed by atoms with Gasteiger partial charge in [-0.15, -0.1) is 0 Å². The third-order valence-corrected chi connectivity index (χ3v) is 4.40. The van der Waals surface area contributed by atoms with Gasteiger partial charge in [-0.2, -0.15) is 27.8 Å². The highest BCUT2D eigenvalue weighted by Crippen LogP contribution is 2.19. The number of amides is 1. The lowest BCUT2D eigenvalue weighted by Crippen LogP contribution is -2.31. The van der Waals surface area contributed by atoms with E-state index in [4.69, 9.17) is 0 Å². The van der Waals surface area contributed by atoms with E-state index in [1.807, 2.05) is 39.2 Å². The van der Waals surface area contributed by atoms with Crippen molar-refractivity contribution in [3.05, 3.63) is 63.2 Å². The summed E-state index contributed by atoms with van der Waals surface area (Å²) in [5, 5.41) is 15.1. The number of hydrogen-bond acceptors (Lipinski definition) is 4. The van der Waals surface area contributed by atoms with Gasteiger partial charge in [0.15, 0.2) is 0 Å². The monoisotopic (exact) mass is 303 g/mol. The maximum absolute atomic E-state index is 12.0. The molecule has 0 aliphatic heterocycles. The fourth-order valence-electron chi connectivity index (χ4n) is 1.98. The Labute approximate surface area is 124 Å². The minimum Gasteiger partial charge on any atom is -0.350 e. The van der Waals surface area contributed by atoms with Gasteiger partial charge in [0.2, 0.25) is 0 Å². The maximum Gasteiger partial charge on any atom is 0.252 e. The Bertz CT molecular complexity index is 610. The summed E-state index contributed by atoms with van der Waals surface area (Å²) >= 11 is 3.17. The van der Waals surface area contributed by atoms with Crippen LogP contribution in [0.15, 0.2) is 52.1 Å².